The fourth-order valence-corrected chi connectivity index (χ4v) is 3.57. The van der Waals surface area contributed by atoms with E-state index in [9.17, 15) is 4.79 Å². The fraction of sp³-hybridized carbons (Fsp3) is 0.533. The van der Waals surface area contributed by atoms with Crippen LogP contribution in [0.4, 0.5) is 5.69 Å². The lowest BCUT2D eigenvalue weighted by Gasteiger charge is -2.32. The van der Waals surface area contributed by atoms with Crippen LogP contribution in [0.3, 0.4) is 0 Å². The van der Waals surface area contributed by atoms with Crippen LogP contribution >= 0.6 is 0 Å². The van der Waals surface area contributed by atoms with Gasteiger partial charge in [-0.15, -0.1) is 0 Å². The van der Waals surface area contributed by atoms with Crippen LogP contribution in [0.15, 0.2) is 18.2 Å². The number of rotatable bonds is 3. The Hall–Kier alpha value is -1.35. The molecule has 2 atom stereocenters. The summed E-state index contributed by atoms with van der Waals surface area (Å²) in [7, 11) is 0. The molecule has 1 amide bonds. The van der Waals surface area contributed by atoms with E-state index in [0.29, 0.717) is 12.0 Å². The third-order valence-electron chi connectivity index (χ3n) is 4.33. The van der Waals surface area contributed by atoms with Crippen molar-refractivity contribution in [2.45, 2.75) is 44.1 Å². The van der Waals surface area contributed by atoms with E-state index in [2.05, 4.69) is 22.8 Å². The average Bonchev–Trinajstić information content (AvgIpc) is 2.92. The largest absolute Gasteiger partial charge is 0.328 e. The van der Waals surface area contributed by atoms with Gasteiger partial charge in [0, 0.05) is 17.6 Å². The lowest BCUT2D eigenvalue weighted by molar-refractivity contribution is -0.105. The SMILES string of the molecule is O=CNc1cccc2c1C(C1CCCN1)CCC2. The molecule has 0 aromatic heterocycles. The van der Waals surface area contributed by atoms with Crippen molar-refractivity contribution < 1.29 is 4.79 Å². The Bertz CT molecular complexity index is 438. The van der Waals surface area contributed by atoms with Crippen molar-refractivity contribution in [2.24, 2.45) is 0 Å². The highest BCUT2D eigenvalue weighted by molar-refractivity contribution is 5.75. The van der Waals surface area contributed by atoms with E-state index in [1.807, 2.05) is 6.07 Å². The second-order valence-corrected chi connectivity index (χ2v) is 5.34. The van der Waals surface area contributed by atoms with Gasteiger partial charge in [-0.1, -0.05) is 12.1 Å². The highest BCUT2D eigenvalue weighted by Gasteiger charge is 2.31. The van der Waals surface area contributed by atoms with Gasteiger partial charge in [0.25, 0.3) is 0 Å². The molecule has 1 saturated heterocycles. The van der Waals surface area contributed by atoms with Crippen LogP contribution in [0.2, 0.25) is 0 Å². The maximum atomic E-state index is 10.8. The van der Waals surface area contributed by atoms with E-state index in [0.717, 1.165) is 25.1 Å². The number of carbonyl (C=O) groups is 1. The van der Waals surface area contributed by atoms with Crippen LogP contribution in [0.25, 0.3) is 0 Å². The minimum Gasteiger partial charge on any atom is -0.328 e. The number of amides is 1. The maximum absolute atomic E-state index is 10.8. The summed E-state index contributed by atoms with van der Waals surface area (Å²) in [5.74, 6) is 0.569. The van der Waals surface area contributed by atoms with Crippen molar-refractivity contribution in [1.29, 1.82) is 0 Å². The monoisotopic (exact) mass is 244 g/mol. The molecule has 1 aromatic carbocycles. The standard InChI is InChI=1S/C15H20N2O/c18-10-17-14-7-2-5-11-4-1-6-12(15(11)14)13-8-3-9-16-13/h2,5,7,10,12-13,16H,1,3-4,6,8-9H2,(H,17,18). The molecular weight excluding hydrogens is 224 g/mol. The Labute approximate surface area is 108 Å². The third kappa shape index (κ3) is 2.03. The second kappa shape index (κ2) is 5.11. The van der Waals surface area contributed by atoms with Crippen molar-refractivity contribution in [3.8, 4) is 0 Å². The molecule has 0 spiro atoms. The van der Waals surface area contributed by atoms with Gasteiger partial charge in [0.1, 0.15) is 0 Å². The van der Waals surface area contributed by atoms with Gasteiger partial charge in [-0.05, 0) is 55.8 Å². The first kappa shape index (κ1) is 11.7. The lowest BCUT2D eigenvalue weighted by atomic mass is 9.77. The van der Waals surface area contributed by atoms with E-state index >= 15 is 0 Å². The Morgan fingerprint density at radius 2 is 2.22 bits per heavy atom. The first-order chi connectivity index (χ1) is 8.90. The maximum Gasteiger partial charge on any atom is 0.211 e. The van der Waals surface area contributed by atoms with E-state index in [-0.39, 0.29) is 0 Å². The predicted octanol–water partition coefficient (Wildman–Crippen LogP) is 2.43. The van der Waals surface area contributed by atoms with E-state index in [1.165, 1.54) is 36.8 Å². The quantitative estimate of drug-likeness (QED) is 0.802. The smallest absolute Gasteiger partial charge is 0.211 e. The molecule has 2 N–H and O–H groups in total. The molecule has 18 heavy (non-hydrogen) atoms. The van der Waals surface area contributed by atoms with E-state index in [1.54, 1.807) is 0 Å². The highest BCUT2D eigenvalue weighted by Crippen LogP contribution is 2.40. The van der Waals surface area contributed by atoms with Crippen LogP contribution in [0.5, 0.6) is 0 Å². The van der Waals surface area contributed by atoms with Crippen LogP contribution in [-0.4, -0.2) is 19.0 Å². The van der Waals surface area contributed by atoms with Gasteiger partial charge in [-0.25, -0.2) is 0 Å². The van der Waals surface area contributed by atoms with Crippen molar-refractivity contribution >= 4 is 12.1 Å². The highest BCUT2D eigenvalue weighted by atomic mass is 16.1. The Kier molecular flexibility index (Phi) is 3.33. The molecular formula is C15H20N2O. The van der Waals surface area contributed by atoms with E-state index in [4.69, 9.17) is 0 Å². The lowest BCUT2D eigenvalue weighted by Crippen LogP contribution is -2.31. The number of hydrogen-bond donors (Lipinski definition) is 2. The molecule has 1 heterocycles. The predicted molar refractivity (Wildman–Crippen MR) is 72.8 cm³/mol. The van der Waals surface area contributed by atoms with Crippen molar-refractivity contribution in [1.82, 2.24) is 5.32 Å². The first-order valence-electron chi connectivity index (χ1n) is 6.95. The zero-order chi connectivity index (χ0) is 12.4. The number of carbonyl (C=O) groups excluding carboxylic acids is 1. The van der Waals surface area contributed by atoms with Gasteiger partial charge in [-0.2, -0.15) is 0 Å². The number of anilines is 1. The molecule has 0 saturated carbocycles. The van der Waals surface area contributed by atoms with Gasteiger partial charge in [0.2, 0.25) is 6.41 Å². The summed E-state index contributed by atoms with van der Waals surface area (Å²) in [6.45, 7) is 1.14. The molecule has 1 aliphatic heterocycles. The van der Waals surface area contributed by atoms with Crippen molar-refractivity contribution in [3.05, 3.63) is 29.3 Å². The summed E-state index contributed by atoms with van der Waals surface area (Å²) in [6, 6.07) is 6.89. The van der Waals surface area contributed by atoms with Crippen LogP contribution in [0.1, 0.15) is 42.7 Å². The summed E-state index contributed by atoms with van der Waals surface area (Å²) in [4.78, 5) is 10.8. The summed E-state index contributed by atoms with van der Waals surface area (Å²) in [6.07, 6.45) is 6.98. The zero-order valence-corrected chi connectivity index (χ0v) is 10.6. The van der Waals surface area contributed by atoms with Gasteiger partial charge in [0.05, 0.1) is 0 Å². The summed E-state index contributed by atoms with van der Waals surface area (Å²) >= 11 is 0. The molecule has 1 aromatic rings. The van der Waals surface area contributed by atoms with Crippen LogP contribution in [0, 0.1) is 0 Å². The Morgan fingerprint density at radius 3 is 3.00 bits per heavy atom. The average molecular weight is 244 g/mol. The van der Waals surface area contributed by atoms with Crippen LogP contribution < -0.4 is 10.6 Å². The summed E-state index contributed by atoms with van der Waals surface area (Å²) in [5, 5.41) is 6.50. The molecule has 3 nitrogen and oxygen atoms in total. The number of nitrogens with one attached hydrogen (secondary N) is 2. The van der Waals surface area contributed by atoms with Crippen molar-refractivity contribution in [2.75, 3.05) is 11.9 Å². The fourth-order valence-electron chi connectivity index (χ4n) is 3.57. The minimum atomic E-state index is 0.569. The number of fused-ring (bicyclic) bond motifs is 1. The van der Waals surface area contributed by atoms with Gasteiger partial charge >= 0.3 is 0 Å². The summed E-state index contributed by atoms with van der Waals surface area (Å²) < 4.78 is 0. The molecule has 2 aliphatic rings. The molecule has 1 fully saturated rings. The van der Waals surface area contributed by atoms with Crippen molar-refractivity contribution in [3.63, 3.8) is 0 Å². The van der Waals surface area contributed by atoms with Gasteiger partial charge in [-0.3, -0.25) is 4.79 Å². The van der Waals surface area contributed by atoms with Gasteiger partial charge in [0.15, 0.2) is 0 Å². The van der Waals surface area contributed by atoms with Gasteiger partial charge < -0.3 is 10.6 Å². The molecule has 3 heteroatoms. The zero-order valence-electron chi connectivity index (χ0n) is 10.6. The number of benzene rings is 1. The van der Waals surface area contributed by atoms with E-state index < -0.39 is 0 Å². The second-order valence-electron chi connectivity index (χ2n) is 5.34. The number of aryl methyl sites for hydroxylation is 1. The topological polar surface area (TPSA) is 41.1 Å². The number of hydrogen-bond acceptors (Lipinski definition) is 2. The Balaban J connectivity index is 1.98. The molecule has 2 unspecified atom stereocenters. The first-order valence-corrected chi connectivity index (χ1v) is 6.95. The molecule has 1 aliphatic carbocycles. The normalized spacial score (nSPS) is 26.7. The minimum absolute atomic E-state index is 0.569. The third-order valence-corrected chi connectivity index (χ3v) is 4.33. The Morgan fingerprint density at radius 1 is 1.28 bits per heavy atom. The molecule has 3 rings (SSSR count). The molecule has 0 bridgehead atoms. The summed E-state index contributed by atoms with van der Waals surface area (Å²) in [5.41, 5.74) is 3.82. The molecule has 96 valence electrons. The molecule has 0 radical (unpaired) electrons. The van der Waals surface area contributed by atoms with Crippen LogP contribution in [-0.2, 0) is 11.2 Å².